The minimum Gasteiger partial charge on any atom is -0.399 e. The van der Waals surface area contributed by atoms with Gasteiger partial charge in [0, 0.05) is 11.3 Å². The monoisotopic (exact) mass is 278 g/mol. The van der Waals surface area contributed by atoms with E-state index in [1.807, 2.05) is 42.5 Å². The van der Waals surface area contributed by atoms with Gasteiger partial charge in [-0.05, 0) is 30.7 Å². The molecule has 0 spiro atoms. The third kappa shape index (κ3) is 1.90. The summed E-state index contributed by atoms with van der Waals surface area (Å²) in [6, 6.07) is 5.51. The van der Waals surface area contributed by atoms with Crippen LogP contribution in [0.2, 0.25) is 0 Å². The van der Waals surface area contributed by atoms with Gasteiger partial charge in [0.1, 0.15) is 5.82 Å². The Bertz CT molecular complexity index is 854. The Balaban J connectivity index is 1.91. The van der Waals surface area contributed by atoms with Crippen LogP contribution in [-0.2, 0) is 0 Å². The summed E-state index contributed by atoms with van der Waals surface area (Å²) in [5, 5.41) is 10.2. The smallest absolute Gasteiger partial charge is 0.176 e. The number of aliphatic hydroxyl groups excluding tert-OH is 1. The topological polar surface area (TPSA) is 87.3 Å². The van der Waals surface area contributed by atoms with Crippen molar-refractivity contribution in [2.45, 2.75) is 12.6 Å². The average Bonchev–Trinajstić information content (AvgIpc) is 2.91. The molecule has 1 unspecified atom stereocenters. The summed E-state index contributed by atoms with van der Waals surface area (Å²) in [5.74, 6) is 0.636. The van der Waals surface area contributed by atoms with Crippen molar-refractivity contribution in [1.82, 2.24) is 9.97 Å². The number of nitrogen functional groups attached to an aromatic ring is 1. The summed E-state index contributed by atoms with van der Waals surface area (Å²) >= 11 is 0. The molecule has 0 saturated carbocycles. The maximum atomic E-state index is 10.2. The number of nitrogens with one attached hydrogen (secondary N) is 1. The highest BCUT2D eigenvalue weighted by atomic mass is 16.3. The van der Waals surface area contributed by atoms with Crippen LogP contribution in [0.25, 0.3) is 16.6 Å². The lowest BCUT2D eigenvalue weighted by molar-refractivity contribution is 0.245. The van der Waals surface area contributed by atoms with E-state index in [-0.39, 0.29) is 0 Å². The second kappa shape index (κ2) is 4.43. The van der Waals surface area contributed by atoms with E-state index in [0.717, 1.165) is 28.7 Å². The number of benzene rings is 1. The molecule has 0 amide bonds. The van der Waals surface area contributed by atoms with Gasteiger partial charge in [0.2, 0.25) is 0 Å². The first kappa shape index (κ1) is 12.1. The van der Waals surface area contributed by atoms with Crippen LogP contribution >= 0.6 is 0 Å². The minimum absolute atomic E-state index is 0.636. The summed E-state index contributed by atoms with van der Waals surface area (Å²) < 4.78 is 0. The standard InChI is InChI=1S/C16H14N4O/c17-9-6-7-12-13(8-9)19-15(18-12)14-10-4-2-1-3-5-11(10)20-16(14)21/h2-8,16,21H,1,17H2,(H,18,19). The number of aliphatic hydroxyl groups is 1. The summed E-state index contributed by atoms with van der Waals surface area (Å²) in [6.45, 7) is 0. The van der Waals surface area contributed by atoms with Crippen molar-refractivity contribution >= 4 is 28.0 Å². The fourth-order valence-electron chi connectivity index (χ4n) is 2.70. The number of anilines is 1. The van der Waals surface area contributed by atoms with E-state index in [4.69, 9.17) is 5.73 Å². The average molecular weight is 278 g/mol. The Labute approximate surface area is 121 Å². The van der Waals surface area contributed by atoms with Gasteiger partial charge in [0.05, 0.1) is 22.3 Å². The number of aliphatic imine (C=N–C) groups is 1. The molecule has 4 rings (SSSR count). The van der Waals surface area contributed by atoms with Gasteiger partial charge in [-0.2, -0.15) is 0 Å². The van der Waals surface area contributed by atoms with Crippen molar-refractivity contribution in [2.24, 2.45) is 4.99 Å². The first-order chi connectivity index (χ1) is 10.2. The number of imidazole rings is 1. The Morgan fingerprint density at radius 1 is 1.24 bits per heavy atom. The number of nitrogens with two attached hydrogens (primary N) is 1. The van der Waals surface area contributed by atoms with Crippen LogP contribution in [0, 0.1) is 0 Å². The quantitative estimate of drug-likeness (QED) is 0.699. The third-order valence-electron chi connectivity index (χ3n) is 3.68. The molecule has 1 aromatic carbocycles. The zero-order valence-electron chi connectivity index (χ0n) is 11.2. The van der Waals surface area contributed by atoms with E-state index in [9.17, 15) is 5.11 Å². The van der Waals surface area contributed by atoms with Gasteiger partial charge in [0.15, 0.2) is 6.23 Å². The van der Waals surface area contributed by atoms with E-state index < -0.39 is 6.23 Å². The number of hydrogen-bond donors (Lipinski definition) is 3. The van der Waals surface area contributed by atoms with Crippen LogP contribution in [0.5, 0.6) is 0 Å². The number of hydrogen-bond acceptors (Lipinski definition) is 4. The van der Waals surface area contributed by atoms with Crippen LogP contribution in [0.1, 0.15) is 12.2 Å². The molecule has 1 aromatic heterocycles. The van der Waals surface area contributed by atoms with E-state index >= 15 is 0 Å². The Hall–Kier alpha value is -2.66. The first-order valence-corrected chi connectivity index (χ1v) is 6.81. The van der Waals surface area contributed by atoms with Gasteiger partial charge in [0.25, 0.3) is 0 Å². The second-order valence-corrected chi connectivity index (χ2v) is 5.12. The number of fused-ring (bicyclic) bond motifs is 2. The molecule has 1 atom stereocenters. The van der Waals surface area contributed by atoms with Crippen molar-refractivity contribution in [3.05, 3.63) is 53.9 Å². The summed E-state index contributed by atoms with van der Waals surface area (Å²) in [6.07, 6.45) is 7.98. The Morgan fingerprint density at radius 2 is 2.10 bits per heavy atom. The molecule has 0 radical (unpaired) electrons. The molecule has 2 heterocycles. The normalized spacial score (nSPS) is 20.8. The molecular formula is C16H14N4O. The predicted molar refractivity (Wildman–Crippen MR) is 83.8 cm³/mol. The lowest BCUT2D eigenvalue weighted by Gasteiger charge is -2.04. The molecule has 0 saturated heterocycles. The number of rotatable bonds is 1. The van der Waals surface area contributed by atoms with E-state index in [0.29, 0.717) is 17.1 Å². The molecule has 1 aliphatic heterocycles. The SMILES string of the molecule is Nc1ccc2nc(C3=C4C=CCC=CC4=NC3O)[nH]c2c1. The number of H-pyrrole nitrogens is 1. The highest BCUT2D eigenvalue weighted by Crippen LogP contribution is 2.32. The molecular weight excluding hydrogens is 264 g/mol. The highest BCUT2D eigenvalue weighted by Gasteiger charge is 2.27. The van der Waals surface area contributed by atoms with Crippen molar-refractivity contribution in [1.29, 1.82) is 0 Å². The second-order valence-electron chi connectivity index (χ2n) is 5.12. The molecule has 4 N–H and O–H groups in total. The first-order valence-electron chi connectivity index (χ1n) is 6.81. The molecule has 0 bridgehead atoms. The molecule has 21 heavy (non-hydrogen) atoms. The lowest BCUT2D eigenvalue weighted by Crippen LogP contribution is -2.04. The van der Waals surface area contributed by atoms with Crippen LogP contribution in [0.15, 0.2) is 53.1 Å². The highest BCUT2D eigenvalue weighted by molar-refractivity contribution is 6.18. The van der Waals surface area contributed by atoms with Gasteiger partial charge in [-0.25, -0.2) is 9.98 Å². The van der Waals surface area contributed by atoms with Gasteiger partial charge in [-0.15, -0.1) is 0 Å². The van der Waals surface area contributed by atoms with Gasteiger partial charge < -0.3 is 15.8 Å². The molecule has 0 fully saturated rings. The minimum atomic E-state index is -0.889. The van der Waals surface area contributed by atoms with Gasteiger partial charge in [-0.1, -0.05) is 18.2 Å². The molecule has 1 aliphatic carbocycles. The molecule has 5 nitrogen and oxygen atoms in total. The third-order valence-corrected chi connectivity index (χ3v) is 3.68. The maximum absolute atomic E-state index is 10.2. The molecule has 104 valence electrons. The van der Waals surface area contributed by atoms with Crippen LogP contribution in [0.3, 0.4) is 0 Å². The Kier molecular flexibility index (Phi) is 2.55. The fraction of sp³-hybridized carbons (Fsp3) is 0.125. The lowest BCUT2D eigenvalue weighted by atomic mass is 10.1. The zero-order valence-corrected chi connectivity index (χ0v) is 11.2. The van der Waals surface area contributed by atoms with Crippen LogP contribution < -0.4 is 5.73 Å². The van der Waals surface area contributed by atoms with Gasteiger partial charge in [-0.3, -0.25) is 0 Å². The van der Waals surface area contributed by atoms with E-state index in [2.05, 4.69) is 15.0 Å². The number of nitrogens with zero attached hydrogens (tertiary/aromatic N) is 2. The van der Waals surface area contributed by atoms with Crippen molar-refractivity contribution in [3.63, 3.8) is 0 Å². The largest absolute Gasteiger partial charge is 0.399 e. The fourth-order valence-corrected chi connectivity index (χ4v) is 2.70. The van der Waals surface area contributed by atoms with Crippen LogP contribution in [-0.4, -0.2) is 27.0 Å². The maximum Gasteiger partial charge on any atom is 0.176 e. The zero-order chi connectivity index (χ0) is 14.4. The predicted octanol–water partition coefficient (Wildman–Crippen LogP) is 2.19. The number of allylic oxidation sites excluding steroid dienone is 5. The Morgan fingerprint density at radius 3 is 3.00 bits per heavy atom. The summed E-state index contributed by atoms with van der Waals surface area (Å²) in [7, 11) is 0. The van der Waals surface area contributed by atoms with E-state index in [1.165, 1.54) is 0 Å². The summed E-state index contributed by atoms with van der Waals surface area (Å²) in [5.41, 5.74) is 10.6. The molecule has 2 aliphatic rings. The molecule has 2 aromatic rings. The van der Waals surface area contributed by atoms with Crippen molar-refractivity contribution in [3.8, 4) is 0 Å². The van der Waals surface area contributed by atoms with E-state index in [1.54, 1.807) is 0 Å². The van der Waals surface area contributed by atoms with Gasteiger partial charge >= 0.3 is 0 Å². The molecule has 5 heteroatoms. The van der Waals surface area contributed by atoms with Crippen molar-refractivity contribution in [2.75, 3.05) is 5.73 Å². The number of aromatic nitrogens is 2. The summed E-state index contributed by atoms with van der Waals surface area (Å²) in [4.78, 5) is 12.1. The van der Waals surface area contributed by atoms with Crippen molar-refractivity contribution < 1.29 is 5.11 Å². The number of aromatic amines is 1. The van der Waals surface area contributed by atoms with Crippen LogP contribution in [0.4, 0.5) is 5.69 Å².